The topological polar surface area (TPSA) is 47.6 Å². The molecule has 1 aromatic rings. The molecule has 0 spiro atoms. The lowest BCUT2D eigenvalue weighted by Crippen LogP contribution is -2.49. The molecular weight excluding hydrogens is 321 g/mol. The first kappa shape index (κ1) is 18.3. The van der Waals surface area contributed by atoms with Crippen molar-refractivity contribution >= 4 is 5.91 Å². The highest BCUT2D eigenvalue weighted by atomic mass is 19.1. The molecule has 0 radical (unpaired) electrons. The van der Waals surface area contributed by atoms with Gasteiger partial charge in [-0.1, -0.05) is 26.0 Å². The maximum absolute atomic E-state index is 13.7. The van der Waals surface area contributed by atoms with Gasteiger partial charge in [0.15, 0.2) is 0 Å². The van der Waals surface area contributed by atoms with Crippen LogP contribution in [0.5, 0.6) is 0 Å². The van der Waals surface area contributed by atoms with Crippen molar-refractivity contribution in [1.82, 2.24) is 5.32 Å². The van der Waals surface area contributed by atoms with Crippen molar-refractivity contribution in [2.45, 2.75) is 44.6 Å². The van der Waals surface area contributed by atoms with Crippen molar-refractivity contribution in [3.63, 3.8) is 0 Å². The van der Waals surface area contributed by atoms with Gasteiger partial charge in [0.25, 0.3) is 0 Å². The van der Waals surface area contributed by atoms with Crippen LogP contribution in [0.25, 0.3) is 0 Å². The minimum Gasteiger partial charge on any atom is -0.381 e. The molecule has 138 valence electrons. The summed E-state index contributed by atoms with van der Waals surface area (Å²) in [6.07, 6.45) is 2.33. The van der Waals surface area contributed by atoms with Crippen molar-refractivity contribution in [3.8, 4) is 0 Å². The number of hydrogen-bond donors (Lipinski definition) is 1. The van der Waals surface area contributed by atoms with Gasteiger partial charge < -0.3 is 14.8 Å². The second-order valence-electron chi connectivity index (χ2n) is 7.54. The largest absolute Gasteiger partial charge is 0.381 e. The molecule has 2 saturated heterocycles. The van der Waals surface area contributed by atoms with Gasteiger partial charge in [0, 0.05) is 32.3 Å². The quantitative estimate of drug-likeness (QED) is 0.889. The molecule has 2 atom stereocenters. The van der Waals surface area contributed by atoms with E-state index in [0.717, 1.165) is 18.6 Å². The van der Waals surface area contributed by atoms with Crippen LogP contribution in [0.15, 0.2) is 24.3 Å². The highest BCUT2D eigenvalue weighted by molar-refractivity contribution is 5.88. The number of nitrogens with one attached hydrogen (secondary N) is 1. The number of halogens is 1. The summed E-state index contributed by atoms with van der Waals surface area (Å²) in [4.78, 5) is 13.1. The Labute approximate surface area is 149 Å². The second-order valence-corrected chi connectivity index (χ2v) is 7.54. The Morgan fingerprint density at radius 1 is 1.32 bits per heavy atom. The predicted octanol–water partition coefficient (Wildman–Crippen LogP) is 3.05. The molecule has 25 heavy (non-hydrogen) atoms. The molecule has 1 aromatic carbocycles. The van der Waals surface area contributed by atoms with E-state index >= 15 is 0 Å². The first-order valence-electron chi connectivity index (χ1n) is 9.26. The molecular formula is C20H28FNO3. The Balaban J connectivity index is 1.74. The second kappa shape index (κ2) is 7.83. The van der Waals surface area contributed by atoms with Crippen LogP contribution in [0.2, 0.25) is 0 Å². The van der Waals surface area contributed by atoms with Gasteiger partial charge >= 0.3 is 0 Å². The van der Waals surface area contributed by atoms with Crippen LogP contribution in [0.4, 0.5) is 4.39 Å². The lowest BCUT2D eigenvalue weighted by atomic mass is 9.73. The maximum atomic E-state index is 13.7. The number of rotatable bonds is 5. The molecule has 0 unspecified atom stereocenters. The molecule has 0 bridgehead atoms. The molecule has 2 aliphatic heterocycles. The van der Waals surface area contributed by atoms with Gasteiger partial charge in [0.2, 0.25) is 5.91 Å². The number of hydrogen-bond acceptors (Lipinski definition) is 3. The van der Waals surface area contributed by atoms with Crippen LogP contribution in [0, 0.1) is 17.7 Å². The number of benzene rings is 1. The number of ether oxygens (including phenoxy) is 2. The average Bonchev–Trinajstić information content (AvgIpc) is 3.09. The van der Waals surface area contributed by atoms with Crippen molar-refractivity contribution in [1.29, 1.82) is 0 Å². The van der Waals surface area contributed by atoms with Gasteiger partial charge in [-0.15, -0.1) is 0 Å². The van der Waals surface area contributed by atoms with E-state index in [1.807, 2.05) is 6.07 Å². The summed E-state index contributed by atoms with van der Waals surface area (Å²) >= 11 is 0. The van der Waals surface area contributed by atoms with Gasteiger partial charge in [-0.3, -0.25) is 4.79 Å². The van der Waals surface area contributed by atoms with Crippen molar-refractivity contribution < 1.29 is 18.7 Å². The Kier molecular flexibility index (Phi) is 5.74. The normalized spacial score (nSPS) is 25.9. The third kappa shape index (κ3) is 3.87. The van der Waals surface area contributed by atoms with E-state index in [1.165, 1.54) is 12.1 Å². The van der Waals surface area contributed by atoms with E-state index in [0.29, 0.717) is 44.4 Å². The molecule has 2 fully saturated rings. The third-order valence-corrected chi connectivity index (χ3v) is 5.60. The van der Waals surface area contributed by atoms with Crippen LogP contribution in [0.1, 0.15) is 38.7 Å². The summed E-state index contributed by atoms with van der Waals surface area (Å²) in [6, 6.07) is 6.43. The van der Waals surface area contributed by atoms with E-state index in [-0.39, 0.29) is 17.8 Å². The SMILES string of the molecule is CC(C)[C@@H]1OCC[C@@H]1CNC(=O)C1(c2cccc(F)c2)CCOCC1. The maximum Gasteiger partial charge on any atom is 0.230 e. The highest BCUT2D eigenvalue weighted by Gasteiger charge is 2.42. The summed E-state index contributed by atoms with van der Waals surface area (Å²) < 4.78 is 25.0. The lowest BCUT2D eigenvalue weighted by Gasteiger charge is -2.36. The third-order valence-electron chi connectivity index (χ3n) is 5.60. The van der Waals surface area contributed by atoms with Gasteiger partial charge in [0.05, 0.1) is 11.5 Å². The fourth-order valence-electron chi connectivity index (χ4n) is 4.16. The van der Waals surface area contributed by atoms with E-state index in [2.05, 4.69) is 19.2 Å². The Bertz CT molecular complexity index is 598. The van der Waals surface area contributed by atoms with Crippen molar-refractivity contribution in [2.24, 2.45) is 11.8 Å². The van der Waals surface area contributed by atoms with Crippen LogP contribution in [0.3, 0.4) is 0 Å². The van der Waals surface area contributed by atoms with Gasteiger partial charge in [-0.25, -0.2) is 4.39 Å². The predicted molar refractivity (Wildman–Crippen MR) is 93.8 cm³/mol. The summed E-state index contributed by atoms with van der Waals surface area (Å²) in [5, 5.41) is 3.14. The van der Waals surface area contributed by atoms with E-state index in [1.54, 1.807) is 6.07 Å². The van der Waals surface area contributed by atoms with Crippen LogP contribution < -0.4 is 5.32 Å². The minimum absolute atomic E-state index is 0.0178. The van der Waals surface area contributed by atoms with E-state index in [9.17, 15) is 9.18 Å². The molecule has 1 amide bonds. The minimum atomic E-state index is -0.701. The molecule has 2 heterocycles. The molecule has 4 nitrogen and oxygen atoms in total. The molecule has 2 aliphatic rings. The molecule has 1 N–H and O–H groups in total. The van der Waals surface area contributed by atoms with Gasteiger partial charge in [-0.2, -0.15) is 0 Å². The van der Waals surface area contributed by atoms with Crippen LogP contribution in [-0.4, -0.2) is 38.4 Å². The Morgan fingerprint density at radius 2 is 2.08 bits per heavy atom. The zero-order valence-electron chi connectivity index (χ0n) is 15.1. The molecule has 3 rings (SSSR count). The summed E-state index contributed by atoms with van der Waals surface area (Å²) in [5.41, 5.74) is 0.0454. The van der Waals surface area contributed by atoms with Crippen molar-refractivity contribution in [3.05, 3.63) is 35.6 Å². The van der Waals surface area contributed by atoms with Gasteiger partial charge in [-0.05, 0) is 42.9 Å². The van der Waals surface area contributed by atoms with E-state index < -0.39 is 5.41 Å². The van der Waals surface area contributed by atoms with Crippen molar-refractivity contribution in [2.75, 3.05) is 26.4 Å². The number of carbonyl (C=O) groups excluding carboxylic acids is 1. The Morgan fingerprint density at radius 3 is 2.76 bits per heavy atom. The number of carbonyl (C=O) groups is 1. The monoisotopic (exact) mass is 349 g/mol. The first-order chi connectivity index (χ1) is 12.0. The zero-order chi connectivity index (χ0) is 17.9. The highest BCUT2D eigenvalue weighted by Crippen LogP contribution is 2.36. The molecule has 0 aromatic heterocycles. The molecule has 0 saturated carbocycles. The van der Waals surface area contributed by atoms with Crippen LogP contribution >= 0.6 is 0 Å². The van der Waals surface area contributed by atoms with E-state index in [4.69, 9.17) is 9.47 Å². The Hall–Kier alpha value is -1.46. The zero-order valence-corrected chi connectivity index (χ0v) is 15.1. The fraction of sp³-hybridized carbons (Fsp3) is 0.650. The standard InChI is InChI=1S/C20H28FNO3/c1-14(2)18-15(6-9-25-18)13-22-19(23)20(7-10-24-11-8-20)16-4-3-5-17(21)12-16/h3-5,12,14-15,18H,6-11,13H2,1-2H3,(H,22,23)/t15-,18+/m1/s1. The lowest BCUT2D eigenvalue weighted by molar-refractivity contribution is -0.130. The first-order valence-corrected chi connectivity index (χ1v) is 9.26. The summed E-state index contributed by atoms with van der Waals surface area (Å²) in [6.45, 7) is 6.71. The summed E-state index contributed by atoms with van der Waals surface area (Å²) in [7, 11) is 0. The fourth-order valence-corrected chi connectivity index (χ4v) is 4.16. The smallest absolute Gasteiger partial charge is 0.230 e. The van der Waals surface area contributed by atoms with Gasteiger partial charge in [0.1, 0.15) is 5.82 Å². The molecule has 5 heteroatoms. The number of amides is 1. The average molecular weight is 349 g/mol. The molecule has 0 aliphatic carbocycles. The van der Waals surface area contributed by atoms with Crippen LogP contribution in [-0.2, 0) is 19.7 Å². The summed E-state index contributed by atoms with van der Waals surface area (Å²) in [5.74, 6) is 0.453.